The highest BCUT2D eigenvalue weighted by Gasteiger charge is 2.53. The summed E-state index contributed by atoms with van der Waals surface area (Å²) in [5.74, 6) is 0.578. The number of ether oxygens (including phenoxy) is 2. The van der Waals surface area contributed by atoms with Crippen LogP contribution in [0.15, 0.2) is 144 Å². The van der Waals surface area contributed by atoms with Gasteiger partial charge in [0.05, 0.1) is 6.61 Å². The van der Waals surface area contributed by atoms with Crippen molar-refractivity contribution in [2.24, 2.45) is 10.1 Å². The fourth-order valence-corrected chi connectivity index (χ4v) is 5.62. The number of aliphatic hydroxyl groups excluding tert-OH is 1. The summed E-state index contributed by atoms with van der Waals surface area (Å²) < 4.78 is 12.4. The van der Waals surface area contributed by atoms with E-state index in [4.69, 9.17) is 19.6 Å². The van der Waals surface area contributed by atoms with E-state index >= 15 is 0 Å². The van der Waals surface area contributed by atoms with Crippen LogP contribution in [0.3, 0.4) is 0 Å². The second kappa shape index (κ2) is 14.5. The summed E-state index contributed by atoms with van der Waals surface area (Å²) in [6.45, 7) is 0.439. The minimum Gasteiger partial charge on any atom is -0.494 e. The molecule has 6 rings (SSSR count). The highest BCUT2D eigenvalue weighted by atomic mass is 16.5. The molecule has 2 atom stereocenters. The first-order chi connectivity index (χ1) is 23.1. The average Bonchev–Trinajstić information content (AvgIpc) is 3.51. The highest BCUT2D eigenvalue weighted by Crippen LogP contribution is 2.44. The van der Waals surface area contributed by atoms with Crippen LogP contribution in [-0.4, -0.2) is 35.7 Å². The van der Waals surface area contributed by atoms with Crippen LogP contribution in [0, 0.1) is 0 Å². The summed E-state index contributed by atoms with van der Waals surface area (Å²) in [6.07, 6.45) is -0.207. The molecule has 47 heavy (non-hydrogen) atoms. The van der Waals surface area contributed by atoms with Crippen LogP contribution < -0.4 is 10.1 Å². The Balaban J connectivity index is 1.46. The van der Waals surface area contributed by atoms with Crippen LogP contribution in [0.4, 0.5) is 11.4 Å². The smallest absolute Gasteiger partial charge is 0.257 e. The number of aliphatic hydroxyl groups is 1. The quantitative estimate of drug-likeness (QED) is 0.0628. The molecule has 9 nitrogen and oxygen atoms in total. The van der Waals surface area contributed by atoms with Crippen LogP contribution in [0.5, 0.6) is 5.75 Å². The second-order valence-electron chi connectivity index (χ2n) is 11.1. The van der Waals surface area contributed by atoms with E-state index in [9.17, 15) is 10.3 Å². The van der Waals surface area contributed by atoms with Gasteiger partial charge in [0.2, 0.25) is 5.90 Å². The molecule has 0 fully saturated rings. The van der Waals surface area contributed by atoms with Gasteiger partial charge in [-0.25, -0.2) is 4.99 Å². The SMILES string of the molecule is [N-]=[N+]=Nc1ccccc1C[C@@]1(C(=O)Nc2ccccc2)N=C(c2ccc(OCCCO)cc2)O[C@@H]1c1ccc(-c2ccccc2)cc1. The molecule has 0 bridgehead atoms. The molecule has 2 N–H and O–H groups in total. The number of anilines is 1. The van der Waals surface area contributed by atoms with Crippen molar-refractivity contribution in [3.05, 3.63) is 161 Å². The van der Waals surface area contributed by atoms with Crippen LogP contribution in [0.1, 0.15) is 29.2 Å². The number of para-hydroxylation sites is 1. The van der Waals surface area contributed by atoms with Crippen molar-refractivity contribution in [3.8, 4) is 16.9 Å². The van der Waals surface area contributed by atoms with Crippen molar-refractivity contribution >= 4 is 23.2 Å². The molecule has 1 aliphatic heterocycles. The highest BCUT2D eigenvalue weighted by molar-refractivity contribution is 6.05. The van der Waals surface area contributed by atoms with Crippen molar-refractivity contribution in [1.82, 2.24) is 0 Å². The first kappa shape index (κ1) is 31.1. The van der Waals surface area contributed by atoms with Gasteiger partial charge in [0.1, 0.15) is 5.75 Å². The first-order valence-corrected chi connectivity index (χ1v) is 15.3. The molecule has 9 heteroatoms. The minimum absolute atomic E-state index is 0.0480. The predicted molar refractivity (Wildman–Crippen MR) is 183 cm³/mol. The number of aliphatic imine (C=N–C) groups is 1. The summed E-state index contributed by atoms with van der Waals surface area (Å²) >= 11 is 0. The molecule has 1 heterocycles. The zero-order valence-corrected chi connectivity index (χ0v) is 25.6. The molecule has 1 amide bonds. The number of hydrogen-bond acceptors (Lipinski definition) is 6. The minimum atomic E-state index is -1.49. The fraction of sp³-hybridized carbons (Fsp3) is 0.158. The summed E-state index contributed by atoms with van der Waals surface area (Å²) in [5, 5.41) is 16.1. The van der Waals surface area contributed by atoms with Crippen molar-refractivity contribution in [2.45, 2.75) is 24.5 Å². The van der Waals surface area contributed by atoms with Crippen LogP contribution in [0.25, 0.3) is 21.6 Å². The van der Waals surface area contributed by atoms with E-state index in [0.29, 0.717) is 47.2 Å². The summed E-state index contributed by atoms with van der Waals surface area (Å²) in [6, 6.07) is 41.7. The van der Waals surface area contributed by atoms with E-state index in [1.54, 1.807) is 12.1 Å². The third-order valence-corrected chi connectivity index (χ3v) is 7.99. The molecule has 234 valence electrons. The zero-order valence-electron chi connectivity index (χ0n) is 25.6. The molecular formula is C38H33N5O4. The third-order valence-electron chi connectivity index (χ3n) is 7.99. The molecule has 0 aliphatic carbocycles. The van der Waals surface area contributed by atoms with Gasteiger partial charge in [-0.05, 0) is 64.2 Å². The van der Waals surface area contributed by atoms with Crippen LogP contribution in [0.2, 0.25) is 0 Å². The van der Waals surface area contributed by atoms with E-state index in [1.165, 1.54) is 0 Å². The Morgan fingerprint density at radius 3 is 2.19 bits per heavy atom. The van der Waals surface area contributed by atoms with E-state index in [2.05, 4.69) is 15.3 Å². The Morgan fingerprint density at radius 1 is 0.851 bits per heavy atom. The maximum atomic E-state index is 14.6. The van der Waals surface area contributed by atoms with Gasteiger partial charge in [-0.15, -0.1) is 0 Å². The number of hydrogen-bond donors (Lipinski definition) is 2. The van der Waals surface area contributed by atoms with Gasteiger partial charge in [-0.2, -0.15) is 0 Å². The van der Waals surface area contributed by atoms with Gasteiger partial charge in [-0.1, -0.05) is 102 Å². The van der Waals surface area contributed by atoms with Crippen LogP contribution in [-0.2, 0) is 16.0 Å². The van der Waals surface area contributed by atoms with E-state index in [1.807, 2.05) is 121 Å². The van der Waals surface area contributed by atoms with Gasteiger partial charge >= 0.3 is 0 Å². The van der Waals surface area contributed by atoms with Crippen molar-refractivity contribution in [1.29, 1.82) is 0 Å². The molecule has 5 aromatic rings. The van der Waals surface area contributed by atoms with Crippen molar-refractivity contribution in [3.63, 3.8) is 0 Å². The number of amides is 1. The lowest BCUT2D eigenvalue weighted by Crippen LogP contribution is -2.46. The van der Waals surface area contributed by atoms with Gasteiger partial charge in [-0.3, -0.25) is 4.79 Å². The number of nitrogens with one attached hydrogen (secondary N) is 1. The molecule has 0 radical (unpaired) electrons. The second-order valence-corrected chi connectivity index (χ2v) is 11.1. The Hall–Kier alpha value is -5.89. The maximum Gasteiger partial charge on any atom is 0.257 e. The van der Waals surface area contributed by atoms with E-state index in [-0.39, 0.29) is 18.9 Å². The lowest BCUT2D eigenvalue weighted by atomic mass is 9.81. The predicted octanol–water partition coefficient (Wildman–Crippen LogP) is 8.19. The molecule has 0 aromatic heterocycles. The topological polar surface area (TPSA) is 129 Å². The van der Waals surface area contributed by atoms with E-state index in [0.717, 1.165) is 16.7 Å². The Labute approximate surface area is 272 Å². The third kappa shape index (κ3) is 7.02. The Morgan fingerprint density at radius 2 is 1.49 bits per heavy atom. The normalized spacial score (nSPS) is 16.8. The van der Waals surface area contributed by atoms with Gasteiger partial charge < -0.3 is 19.9 Å². The Kier molecular flexibility index (Phi) is 9.58. The summed E-state index contributed by atoms with van der Waals surface area (Å²) in [7, 11) is 0. The molecule has 0 unspecified atom stereocenters. The monoisotopic (exact) mass is 623 g/mol. The van der Waals surface area contributed by atoms with E-state index < -0.39 is 11.6 Å². The van der Waals surface area contributed by atoms with Gasteiger partial charge in [0.25, 0.3) is 5.91 Å². The Bertz CT molecular complexity index is 1890. The first-order valence-electron chi connectivity index (χ1n) is 15.3. The van der Waals surface area contributed by atoms with Crippen molar-refractivity contribution < 1.29 is 19.4 Å². The molecule has 0 saturated carbocycles. The molecule has 5 aromatic carbocycles. The number of benzene rings is 5. The van der Waals surface area contributed by atoms with Crippen molar-refractivity contribution in [2.75, 3.05) is 18.5 Å². The lowest BCUT2D eigenvalue weighted by Gasteiger charge is -2.31. The number of rotatable bonds is 12. The van der Waals surface area contributed by atoms with Gasteiger partial charge in [0, 0.05) is 41.3 Å². The largest absolute Gasteiger partial charge is 0.494 e. The number of carbonyl (C=O) groups is 1. The number of nitrogens with zero attached hydrogens (tertiary/aromatic N) is 4. The summed E-state index contributed by atoms with van der Waals surface area (Å²) in [4.78, 5) is 22.7. The summed E-state index contributed by atoms with van der Waals surface area (Å²) in [5.41, 5.74) is 13.0. The van der Waals surface area contributed by atoms with Crippen LogP contribution >= 0.6 is 0 Å². The zero-order chi connectivity index (χ0) is 32.5. The van der Waals surface area contributed by atoms with Gasteiger partial charge in [0.15, 0.2) is 11.6 Å². The lowest BCUT2D eigenvalue weighted by molar-refractivity contribution is -0.123. The maximum absolute atomic E-state index is 14.6. The fourth-order valence-electron chi connectivity index (χ4n) is 5.62. The number of azide groups is 1. The molecular weight excluding hydrogens is 590 g/mol. The molecule has 0 spiro atoms. The standard InChI is InChI=1S/C38H33N5O4/c39-43-42-34-15-8-7-12-31(34)26-38(37(45)40-32-13-5-2-6-14-32)35(29-18-16-28(17-19-29)27-10-3-1-4-11-27)47-36(41-38)30-20-22-33(23-21-30)46-25-9-24-44/h1-8,10-23,35,44H,9,24-26H2,(H,40,45)/t35-,38-/m1/s1. The average molecular weight is 624 g/mol. The molecule has 0 saturated heterocycles. The number of carbonyl (C=O) groups excluding carboxylic acids is 1. The molecule has 1 aliphatic rings.